The predicted molar refractivity (Wildman–Crippen MR) is 97.2 cm³/mol. The Labute approximate surface area is 146 Å². The first-order chi connectivity index (χ1) is 12.1. The quantitative estimate of drug-likeness (QED) is 0.721. The number of hydrogen-bond donors (Lipinski definition) is 1. The molecule has 1 atom stereocenters. The number of carbonyl (C=O) groups is 2. The molecule has 0 saturated heterocycles. The lowest BCUT2D eigenvalue weighted by molar-refractivity contribution is -0.147. The second-order valence-electron chi connectivity index (χ2n) is 5.79. The number of fused-ring (bicyclic) bond motifs is 1. The summed E-state index contributed by atoms with van der Waals surface area (Å²) in [6, 6.07) is 22.7. The largest absolute Gasteiger partial charge is 0.456 e. The minimum atomic E-state index is -0.467. The normalized spacial score (nSPS) is 11.7. The lowest BCUT2D eigenvalue weighted by Crippen LogP contribution is -2.31. The molecule has 1 amide bonds. The van der Waals surface area contributed by atoms with E-state index in [2.05, 4.69) is 5.32 Å². The van der Waals surface area contributed by atoms with Crippen LogP contribution in [0.2, 0.25) is 0 Å². The minimum Gasteiger partial charge on any atom is -0.456 e. The van der Waals surface area contributed by atoms with Gasteiger partial charge in [0.25, 0.3) is 5.91 Å². The molecular weight excluding hydrogens is 314 g/mol. The van der Waals surface area contributed by atoms with E-state index in [0.29, 0.717) is 5.56 Å². The van der Waals surface area contributed by atoms with Crippen molar-refractivity contribution < 1.29 is 14.3 Å². The van der Waals surface area contributed by atoms with Gasteiger partial charge in [0.15, 0.2) is 0 Å². The van der Waals surface area contributed by atoms with Crippen molar-refractivity contribution in [2.75, 3.05) is 6.54 Å². The molecule has 126 valence electrons. The third kappa shape index (κ3) is 4.23. The Balaban J connectivity index is 1.56. The molecule has 0 bridgehead atoms. The molecule has 25 heavy (non-hydrogen) atoms. The molecule has 0 radical (unpaired) electrons. The molecular formula is C21H19NO3. The second-order valence-corrected chi connectivity index (χ2v) is 5.79. The first kappa shape index (κ1) is 16.7. The molecule has 0 aliphatic heterocycles. The van der Waals surface area contributed by atoms with Gasteiger partial charge in [-0.3, -0.25) is 9.59 Å². The van der Waals surface area contributed by atoms with Gasteiger partial charge < -0.3 is 10.1 Å². The fourth-order valence-electron chi connectivity index (χ4n) is 2.62. The van der Waals surface area contributed by atoms with E-state index in [9.17, 15) is 9.59 Å². The van der Waals surface area contributed by atoms with Gasteiger partial charge in [0.1, 0.15) is 12.6 Å². The van der Waals surface area contributed by atoms with Crippen LogP contribution in [0.15, 0.2) is 72.8 Å². The number of rotatable bonds is 5. The zero-order valence-electron chi connectivity index (χ0n) is 13.9. The molecule has 0 aliphatic rings. The number of amides is 1. The molecule has 1 N–H and O–H groups in total. The summed E-state index contributed by atoms with van der Waals surface area (Å²) in [5.41, 5.74) is 1.43. The Hall–Kier alpha value is -3.14. The van der Waals surface area contributed by atoms with Gasteiger partial charge in [0, 0.05) is 5.56 Å². The number of benzene rings is 3. The first-order valence-corrected chi connectivity index (χ1v) is 8.15. The van der Waals surface area contributed by atoms with E-state index >= 15 is 0 Å². The highest BCUT2D eigenvalue weighted by atomic mass is 16.5. The molecule has 4 nitrogen and oxygen atoms in total. The SMILES string of the molecule is C[C@H](OC(=O)CNC(=O)c1ccc2ccccc2c1)c1ccccc1. The van der Waals surface area contributed by atoms with Crippen molar-refractivity contribution in [3.8, 4) is 0 Å². The molecule has 0 saturated carbocycles. The molecule has 3 aromatic carbocycles. The van der Waals surface area contributed by atoms with Crippen LogP contribution in [0.1, 0.15) is 28.9 Å². The Kier molecular flexibility index (Phi) is 5.09. The van der Waals surface area contributed by atoms with Gasteiger partial charge in [-0.1, -0.05) is 60.7 Å². The maximum Gasteiger partial charge on any atom is 0.326 e. The summed E-state index contributed by atoms with van der Waals surface area (Å²) in [5.74, 6) is -0.763. The average molecular weight is 333 g/mol. The number of nitrogens with one attached hydrogen (secondary N) is 1. The van der Waals surface area contributed by atoms with Crippen molar-refractivity contribution in [3.05, 3.63) is 83.9 Å². The predicted octanol–water partition coefficient (Wildman–Crippen LogP) is 3.87. The van der Waals surface area contributed by atoms with Crippen molar-refractivity contribution in [2.45, 2.75) is 13.0 Å². The fraction of sp³-hybridized carbons (Fsp3) is 0.143. The number of hydrogen-bond acceptors (Lipinski definition) is 3. The molecule has 0 aliphatic carbocycles. The second kappa shape index (κ2) is 7.62. The summed E-state index contributed by atoms with van der Waals surface area (Å²) in [7, 11) is 0. The highest BCUT2D eigenvalue weighted by molar-refractivity contribution is 5.99. The smallest absolute Gasteiger partial charge is 0.326 e. The van der Waals surface area contributed by atoms with Gasteiger partial charge in [0.2, 0.25) is 0 Å². The van der Waals surface area contributed by atoms with Gasteiger partial charge in [-0.2, -0.15) is 0 Å². The Morgan fingerprint density at radius 3 is 2.36 bits per heavy atom. The molecule has 0 fully saturated rings. The number of esters is 1. The van der Waals surface area contributed by atoms with Crippen LogP contribution in [-0.4, -0.2) is 18.4 Å². The van der Waals surface area contributed by atoms with Gasteiger partial charge in [0.05, 0.1) is 0 Å². The van der Waals surface area contributed by atoms with Crippen LogP contribution < -0.4 is 5.32 Å². The number of carbonyl (C=O) groups excluding carboxylic acids is 2. The van der Waals surface area contributed by atoms with Gasteiger partial charge in [-0.15, -0.1) is 0 Å². The van der Waals surface area contributed by atoms with Crippen molar-refractivity contribution in [1.29, 1.82) is 0 Å². The number of ether oxygens (including phenoxy) is 1. The third-order valence-corrected chi connectivity index (χ3v) is 3.98. The highest BCUT2D eigenvalue weighted by Gasteiger charge is 2.13. The molecule has 0 spiro atoms. The Morgan fingerprint density at radius 2 is 1.60 bits per heavy atom. The van der Waals surface area contributed by atoms with E-state index in [-0.39, 0.29) is 18.6 Å². The average Bonchev–Trinajstić information content (AvgIpc) is 2.66. The van der Waals surface area contributed by atoms with Crippen molar-refractivity contribution in [2.24, 2.45) is 0 Å². The van der Waals surface area contributed by atoms with Crippen LogP contribution in [0.3, 0.4) is 0 Å². The van der Waals surface area contributed by atoms with Crippen LogP contribution >= 0.6 is 0 Å². The van der Waals surface area contributed by atoms with Gasteiger partial charge >= 0.3 is 5.97 Å². The Morgan fingerprint density at radius 1 is 0.920 bits per heavy atom. The van der Waals surface area contributed by atoms with Crippen LogP contribution in [-0.2, 0) is 9.53 Å². The van der Waals surface area contributed by atoms with Crippen LogP contribution in [0.25, 0.3) is 10.8 Å². The topological polar surface area (TPSA) is 55.4 Å². The lowest BCUT2D eigenvalue weighted by Gasteiger charge is -2.14. The molecule has 0 heterocycles. The van der Waals surface area contributed by atoms with Crippen LogP contribution in [0.4, 0.5) is 0 Å². The summed E-state index contributed by atoms with van der Waals surface area (Å²) in [6.07, 6.45) is -0.355. The molecule has 0 aromatic heterocycles. The zero-order valence-corrected chi connectivity index (χ0v) is 13.9. The zero-order chi connectivity index (χ0) is 17.6. The summed E-state index contributed by atoms with van der Waals surface area (Å²) in [5, 5.41) is 4.65. The standard InChI is InChI=1S/C21H19NO3/c1-15(16-7-3-2-4-8-16)25-20(23)14-22-21(24)19-12-11-17-9-5-6-10-18(17)13-19/h2-13,15H,14H2,1H3,(H,22,24)/t15-/m0/s1. The van der Waals surface area contributed by atoms with Gasteiger partial charge in [-0.25, -0.2) is 0 Å². The van der Waals surface area contributed by atoms with Crippen LogP contribution in [0.5, 0.6) is 0 Å². The van der Waals surface area contributed by atoms with E-state index in [1.807, 2.05) is 66.7 Å². The van der Waals surface area contributed by atoms with Crippen molar-refractivity contribution >= 4 is 22.6 Å². The fourth-order valence-corrected chi connectivity index (χ4v) is 2.62. The van der Waals surface area contributed by atoms with E-state index < -0.39 is 5.97 Å². The molecule has 4 heteroatoms. The van der Waals surface area contributed by atoms with Crippen molar-refractivity contribution in [1.82, 2.24) is 5.32 Å². The summed E-state index contributed by atoms with van der Waals surface area (Å²) >= 11 is 0. The molecule has 0 unspecified atom stereocenters. The van der Waals surface area contributed by atoms with E-state index in [0.717, 1.165) is 16.3 Å². The monoisotopic (exact) mass is 333 g/mol. The van der Waals surface area contributed by atoms with Crippen molar-refractivity contribution in [3.63, 3.8) is 0 Å². The summed E-state index contributed by atoms with van der Waals surface area (Å²) in [4.78, 5) is 24.2. The van der Waals surface area contributed by atoms with Gasteiger partial charge in [-0.05, 0) is 35.4 Å². The van der Waals surface area contributed by atoms with E-state index in [1.54, 1.807) is 13.0 Å². The third-order valence-electron chi connectivity index (χ3n) is 3.98. The maximum atomic E-state index is 12.2. The lowest BCUT2D eigenvalue weighted by atomic mass is 10.1. The Bertz CT molecular complexity index is 890. The summed E-state index contributed by atoms with van der Waals surface area (Å²) in [6.45, 7) is 1.64. The van der Waals surface area contributed by atoms with E-state index in [1.165, 1.54) is 0 Å². The maximum absolute atomic E-state index is 12.2. The first-order valence-electron chi connectivity index (χ1n) is 8.15. The highest BCUT2D eigenvalue weighted by Crippen LogP contribution is 2.17. The van der Waals surface area contributed by atoms with Crippen LogP contribution in [0, 0.1) is 0 Å². The molecule has 3 rings (SSSR count). The molecule has 3 aromatic rings. The minimum absolute atomic E-state index is 0.164. The summed E-state index contributed by atoms with van der Waals surface area (Å²) < 4.78 is 5.34. The van der Waals surface area contributed by atoms with E-state index in [4.69, 9.17) is 4.74 Å².